The molecule has 2 aliphatic carbocycles. The zero-order valence-corrected chi connectivity index (χ0v) is 18.8. The summed E-state index contributed by atoms with van der Waals surface area (Å²) in [5.41, 5.74) is 3.42. The molecule has 33 heavy (non-hydrogen) atoms. The highest BCUT2D eigenvalue weighted by Crippen LogP contribution is 2.55. The van der Waals surface area contributed by atoms with Gasteiger partial charge in [-0.25, -0.2) is 9.97 Å². The first-order valence-electron chi connectivity index (χ1n) is 11.8. The van der Waals surface area contributed by atoms with Crippen molar-refractivity contribution in [1.29, 1.82) is 0 Å². The molecule has 0 saturated heterocycles. The van der Waals surface area contributed by atoms with E-state index in [4.69, 9.17) is 13.0 Å². The summed E-state index contributed by atoms with van der Waals surface area (Å²) >= 11 is 6.33. The van der Waals surface area contributed by atoms with Gasteiger partial charge in [-0.15, -0.1) is 0 Å². The van der Waals surface area contributed by atoms with E-state index in [-0.39, 0.29) is 18.3 Å². The molecule has 6 rings (SSSR count). The van der Waals surface area contributed by atoms with Crippen LogP contribution in [0.4, 0.5) is 0 Å². The van der Waals surface area contributed by atoms with Crippen LogP contribution < -0.4 is 5.32 Å². The van der Waals surface area contributed by atoms with Crippen molar-refractivity contribution in [1.82, 2.24) is 25.1 Å². The van der Waals surface area contributed by atoms with Gasteiger partial charge in [-0.05, 0) is 43.2 Å². The van der Waals surface area contributed by atoms with Crippen molar-refractivity contribution in [2.45, 2.75) is 44.7 Å². The van der Waals surface area contributed by atoms with Crippen molar-refractivity contribution >= 4 is 28.4 Å². The zero-order valence-electron chi connectivity index (χ0n) is 19.0. The maximum atomic E-state index is 13.2. The Morgan fingerprint density at radius 3 is 2.64 bits per heavy atom. The highest BCUT2D eigenvalue weighted by atomic mass is 35.5. The molecule has 0 bridgehead atoms. The van der Waals surface area contributed by atoms with Crippen molar-refractivity contribution < 1.29 is 6.17 Å². The summed E-state index contributed by atoms with van der Waals surface area (Å²) in [6, 6.07) is 13.5. The zero-order chi connectivity index (χ0) is 23.3. The van der Waals surface area contributed by atoms with Crippen molar-refractivity contribution in [3.8, 4) is 11.4 Å². The lowest BCUT2D eigenvalue weighted by Gasteiger charge is -2.54. The normalized spacial score (nSPS) is 24.2. The minimum atomic E-state index is -0.133. The molecule has 4 aromatic rings. The van der Waals surface area contributed by atoms with Crippen LogP contribution in [0.5, 0.6) is 0 Å². The summed E-state index contributed by atoms with van der Waals surface area (Å²) in [4.78, 5) is 22.2. The molecule has 1 amide bonds. The van der Waals surface area contributed by atoms with Crippen molar-refractivity contribution in [2.75, 3.05) is 0 Å². The molecule has 0 aliphatic heterocycles. The molecule has 166 valence electrons. The van der Waals surface area contributed by atoms with Crippen LogP contribution in [0.1, 0.15) is 49.4 Å². The molecule has 0 unspecified atom stereocenters. The first-order valence-corrected chi connectivity index (χ1v) is 11.6. The van der Waals surface area contributed by atoms with Crippen LogP contribution in [0.15, 0.2) is 61.1 Å². The number of amides is 1. The van der Waals surface area contributed by atoms with Gasteiger partial charge in [0, 0.05) is 41.3 Å². The fourth-order valence-corrected chi connectivity index (χ4v) is 5.30. The predicted octanol–water partition coefficient (Wildman–Crippen LogP) is 5.26. The molecule has 6 nitrogen and oxygen atoms in total. The molecule has 2 fully saturated rings. The Bertz CT molecular complexity index is 1360. The monoisotopic (exact) mass is 458 g/mol. The van der Waals surface area contributed by atoms with E-state index in [0.29, 0.717) is 28.4 Å². The van der Waals surface area contributed by atoms with Gasteiger partial charge >= 0.3 is 0 Å². The summed E-state index contributed by atoms with van der Waals surface area (Å²) in [5.74, 6) is 0.537. The van der Waals surface area contributed by atoms with Gasteiger partial charge in [0.25, 0.3) is 5.91 Å². The average Bonchev–Trinajstić information content (AvgIpc) is 3.19. The topological polar surface area (TPSA) is 72.7 Å². The van der Waals surface area contributed by atoms with Gasteiger partial charge in [0.05, 0.1) is 23.8 Å². The molecule has 2 saturated carbocycles. The second kappa shape index (κ2) is 7.96. The van der Waals surface area contributed by atoms with Crippen LogP contribution in [-0.2, 0) is 6.54 Å². The molecule has 7 heteroatoms. The second-order valence-electron chi connectivity index (χ2n) is 9.25. The lowest BCUT2D eigenvalue weighted by atomic mass is 9.54. The van der Waals surface area contributed by atoms with Crippen LogP contribution in [0.3, 0.4) is 0 Å². The number of fused-ring (bicyclic) bond motifs is 1. The number of rotatable bonds is 5. The minimum Gasteiger partial charge on any atom is -0.349 e. The average molecular weight is 459 g/mol. The molecule has 2 aliphatic rings. The number of hydrogen-bond donors (Lipinski definition) is 1. The molecule has 0 radical (unpaired) electrons. The van der Waals surface area contributed by atoms with Crippen LogP contribution in [0.25, 0.3) is 22.3 Å². The molecule has 1 N–H and O–H groups in total. The van der Waals surface area contributed by atoms with Crippen LogP contribution in [0.2, 0.25) is 5.02 Å². The first-order chi connectivity index (χ1) is 16.5. The lowest BCUT2D eigenvalue weighted by Crippen LogP contribution is -2.53. The highest BCUT2D eigenvalue weighted by Gasteiger charge is 2.48. The van der Waals surface area contributed by atoms with Crippen molar-refractivity contribution in [3.63, 3.8) is 0 Å². The van der Waals surface area contributed by atoms with Gasteiger partial charge in [-0.3, -0.25) is 9.48 Å². The van der Waals surface area contributed by atoms with Crippen molar-refractivity contribution in [3.05, 3.63) is 77.2 Å². The van der Waals surface area contributed by atoms with Crippen molar-refractivity contribution in [2.24, 2.45) is 5.41 Å². The van der Waals surface area contributed by atoms with Crippen LogP contribution in [0, 0.1) is 5.41 Å². The van der Waals surface area contributed by atoms with Gasteiger partial charge < -0.3 is 5.32 Å². The van der Waals surface area contributed by atoms with E-state index in [2.05, 4.69) is 20.4 Å². The number of nitrogens with zero attached hydrogens (tertiary/aromatic N) is 4. The Kier molecular flexibility index (Phi) is 4.64. The number of carbonyl (C=O) groups is 1. The summed E-state index contributed by atoms with van der Waals surface area (Å²) < 4.78 is 9.60. The number of benzene rings is 2. The number of aromatic nitrogens is 4. The van der Waals surface area contributed by atoms with E-state index >= 15 is 0 Å². The Labute approximate surface area is 198 Å². The van der Waals surface area contributed by atoms with E-state index in [0.717, 1.165) is 47.7 Å². The third-order valence-electron chi connectivity index (χ3n) is 6.86. The third-order valence-corrected chi connectivity index (χ3v) is 7.08. The number of carbonyl (C=O) groups excluding carboxylic acids is 1. The highest BCUT2D eigenvalue weighted by molar-refractivity contribution is 6.32. The molecule has 0 atom stereocenters. The minimum absolute atomic E-state index is 0.0734. The van der Waals surface area contributed by atoms with Gasteiger partial charge in [-0.1, -0.05) is 48.3 Å². The van der Waals surface area contributed by atoms with E-state index in [1.54, 1.807) is 29.3 Å². The lowest BCUT2D eigenvalue weighted by molar-refractivity contribution is -0.000604. The van der Waals surface area contributed by atoms with E-state index in [9.17, 15) is 4.79 Å². The largest absolute Gasteiger partial charge is 0.349 e. The third kappa shape index (κ3) is 3.78. The maximum absolute atomic E-state index is 13.2. The molecular formula is C26H24ClN5O. The SMILES string of the molecule is [2H]C1CC2(C1)CC(NC(=O)c1cc(Cl)cc3cnn(Cc4cnc(-c5ccccc5)nc4)c13)C2. The first kappa shape index (κ1) is 19.2. The summed E-state index contributed by atoms with van der Waals surface area (Å²) in [6.07, 6.45) is 9.24. The van der Waals surface area contributed by atoms with Gasteiger partial charge in [-0.2, -0.15) is 5.10 Å². The molecule has 1 spiro atoms. The quantitative estimate of drug-likeness (QED) is 0.443. The Balaban J connectivity index is 1.23. The second-order valence-corrected chi connectivity index (χ2v) is 9.69. The Hall–Kier alpha value is -3.25. The number of halogens is 1. The summed E-state index contributed by atoms with van der Waals surface area (Å²) in [5, 5.41) is 9.02. The Morgan fingerprint density at radius 2 is 1.91 bits per heavy atom. The van der Waals surface area contributed by atoms with Gasteiger partial charge in [0.2, 0.25) is 0 Å². The molecular weight excluding hydrogens is 434 g/mol. The van der Waals surface area contributed by atoms with Gasteiger partial charge in [0.15, 0.2) is 5.82 Å². The Morgan fingerprint density at radius 1 is 1.15 bits per heavy atom. The standard InChI is InChI=1S/C26H24ClN5O/c27-20-9-19-15-30-32(16-17-13-28-24(29-14-17)18-5-2-1-3-6-18)23(19)22(10-20)25(33)31-21-11-26(12-21)7-4-8-26/h1-3,5-6,9-10,13-15,21H,4,7-8,11-12,16H2,(H,31,33)/i4D. The number of hydrogen-bond acceptors (Lipinski definition) is 4. The fraction of sp³-hybridized carbons (Fsp3) is 0.308. The van der Waals surface area contributed by atoms with E-state index in [1.807, 2.05) is 36.4 Å². The van der Waals surface area contributed by atoms with E-state index in [1.165, 1.54) is 0 Å². The van der Waals surface area contributed by atoms with E-state index < -0.39 is 0 Å². The number of nitrogens with one attached hydrogen (secondary N) is 1. The molecule has 2 heterocycles. The van der Waals surface area contributed by atoms with Crippen LogP contribution >= 0.6 is 11.6 Å². The maximum Gasteiger partial charge on any atom is 0.253 e. The smallest absolute Gasteiger partial charge is 0.253 e. The summed E-state index contributed by atoms with van der Waals surface area (Å²) in [7, 11) is 0. The molecule has 2 aromatic carbocycles. The van der Waals surface area contributed by atoms with Crippen LogP contribution in [-0.4, -0.2) is 31.7 Å². The fourth-order valence-electron chi connectivity index (χ4n) is 5.07. The van der Waals surface area contributed by atoms with Gasteiger partial charge in [0.1, 0.15) is 0 Å². The summed E-state index contributed by atoms with van der Waals surface area (Å²) in [6.45, 7) is 0.442. The molecule has 2 aromatic heterocycles. The predicted molar refractivity (Wildman–Crippen MR) is 128 cm³/mol.